The lowest BCUT2D eigenvalue weighted by molar-refractivity contribution is -0.175. The molecule has 0 unspecified atom stereocenters. The Kier molecular flexibility index (Phi) is 6.36. The van der Waals surface area contributed by atoms with Crippen LogP contribution in [0.3, 0.4) is 0 Å². The number of esters is 1. The van der Waals surface area contributed by atoms with Crippen molar-refractivity contribution in [1.82, 2.24) is 0 Å². The van der Waals surface area contributed by atoms with E-state index in [1.54, 1.807) is 0 Å². The molecule has 1 rings (SSSR count). The molecule has 0 aliphatic rings. The summed E-state index contributed by atoms with van der Waals surface area (Å²) in [6.45, 7) is 0.901. The van der Waals surface area contributed by atoms with Crippen LogP contribution in [0.5, 0.6) is 0 Å². The number of alkyl halides is 2. The Labute approximate surface area is 117 Å². The molecule has 0 aliphatic carbocycles. The van der Waals surface area contributed by atoms with Crippen LogP contribution in [0, 0.1) is 17.5 Å². The first kappa shape index (κ1) is 18.6. The molecule has 0 saturated heterocycles. The Hall–Kier alpha value is -1.41. The van der Waals surface area contributed by atoms with Crippen LogP contribution in [-0.2, 0) is 9.53 Å². The van der Waals surface area contributed by atoms with Crippen molar-refractivity contribution in [3.63, 3.8) is 0 Å². The lowest BCUT2D eigenvalue weighted by Gasteiger charge is -2.22. The number of nitrogens with two attached hydrogens (primary N) is 1. The zero-order chi connectivity index (χ0) is 14.8. The van der Waals surface area contributed by atoms with Gasteiger partial charge in [-0.1, -0.05) is 0 Å². The van der Waals surface area contributed by atoms with Gasteiger partial charge in [0.15, 0.2) is 11.6 Å². The highest BCUT2D eigenvalue weighted by Gasteiger charge is 2.49. The maximum atomic E-state index is 13.5. The molecule has 20 heavy (non-hydrogen) atoms. The van der Waals surface area contributed by atoms with E-state index < -0.39 is 40.9 Å². The van der Waals surface area contributed by atoms with Crippen molar-refractivity contribution in [2.24, 2.45) is 5.73 Å². The maximum absolute atomic E-state index is 13.5. The SMILES string of the molecule is CCOC(=O)C(F)(F)[C@H](N)c1c(F)ccc(F)c1F.Cl. The molecule has 9 heteroatoms. The fourth-order valence-electron chi connectivity index (χ4n) is 1.36. The second-order valence-corrected chi connectivity index (χ2v) is 3.58. The number of ether oxygens (including phenoxy) is 1. The monoisotopic (exact) mass is 319 g/mol. The quantitative estimate of drug-likeness (QED) is 0.527. The van der Waals surface area contributed by atoms with Gasteiger partial charge in [0, 0.05) is 0 Å². The van der Waals surface area contributed by atoms with E-state index in [0.717, 1.165) is 0 Å². The average Bonchev–Trinajstić information content (AvgIpc) is 2.34. The van der Waals surface area contributed by atoms with Gasteiger partial charge in [-0.15, -0.1) is 12.4 Å². The normalized spacial score (nSPS) is 12.6. The van der Waals surface area contributed by atoms with Crippen LogP contribution >= 0.6 is 12.4 Å². The van der Waals surface area contributed by atoms with E-state index in [1.807, 2.05) is 0 Å². The summed E-state index contributed by atoms with van der Waals surface area (Å²) in [6, 6.07) is -1.83. The summed E-state index contributed by atoms with van der Waals surface area (Å²) in [5, 5.41) is 0. The molecular weight excluding hydrogens is 309 g/mol. The molecule has 2 N–H and O–H groups in total. The third-order valence-corrected chi connectivity index (χ3v) is 2.33. The highest BCUT2D eigenvalue weighted by molar-refractivity contribution is 5.85. The minimum Gasteiger partial charge on any atom is -0.462 e. The second kappa shape index (κ2) is 6.85. The highest BCUT2D eigenvalue weighted by atomic mass is 35.5. The first-order valence-electron chi connectivity index (χ1n) is 5.17. The number of carbonyl (C=O) groups is 1. The van der Waals surface area contributed by atoms with Crippen LogP contribution in [0.1, 0.15) is 18.5 Å². The van der Waals surface area contributed by atoms with Crippen molar-refractivity contribution < 1.29 is 31.5 Å². The molecule has 0 aliphatic heterocycles. The molecular formula is C11H11ClF5NO2. The zero-order valence-corrected chi connectivity index (χ0v) is 10.9. The standard InChI is InChI=1S/C11H10F5NO2.ClH/c1-2-19-10(18)11(15,16)9(17)7-5(12)3-4-6(13)8(7)14;/h3-4,9H,2,17H2,1H3;1H/t9-;/m1./s1. The minimum absolute atomic E-state index is 0. The molecule has 0 fully saturated rings. The molecule has 1 aromatic rings. The van der Waals surface area contributed by atoms with Gasteiger partial charge in [-0.25, -0.2) is 18.0 Å². The Balaban J connectivity index is 0.00000361. The smallest absolute Gasteiger partial charge is 0.379 e. The van der Waals surface area contributed by atoms with E-state index in [0.29, 0.717) is 12.1 Å². The van der Waals surface area contributed by atoms with Crippen LogP contribution in [0.25, 0.3) is 0 Å². The number of rotatable bonds is 4. The van der Waals surface area contributed by atoms with Gasteiger partial charge in [0.05, 0.1) is 12.2 Å². The van der Waals surface area contributed by atoms with E-state index >= 15 is 0 Å². The van der Waals surface area contributed by atoms with Gasteiger partial charge in [-0.2, -0.15) is 8.78 Å². The van der Waals surface area contributed by atoms with Crippen LogP contribution in [0.2, 0.25) is 0 Å². The van der Waals surface area contributed by atoms with E-state index in [4.69, 9.17) is 5.73 Å². The van der Waals surface area contributed by atoms with E-state index in [2.05, 4.69) is 4.74 Å². The molecule has 1 aromatic carbocycles. The van der Waals surface area contributed by atoms with E-state index in [1.165, 1.54) is 6.92 Å². The summed E-state index contributed by atoms with van der Waals surface area (Å²) in [4.78, 5) is 11.0. The number of carbonyl (C=O) groups excluding carboxylic acids is 1. The van der Waals surface area contributed by atoms with Gasteiger partial charge in [0.1, 0.15) is 11.9 Å². The third-order valence-electron chi connectivity index (χ3n) is 2.33. The Bertz CT molecular complexity index is 498. The van der Waals surface area contributed by atoms with Gasteiger partial charge in [-0.3, -0.25) is 0 Å². The fraction of sp³-hybridized carbons (Fsp3) is 0.364. The lowest BCUT2D eigenvalue weighted by Crippen LogP contribution is -2.42. The van der Waals surface area contributed by atoms with Gasteiger partial charge in [-0.05, 0) is 19.1 Å². The summed E-state index contributed by atoms with van der Waals surface area (Å²) >= 11 is 0. The fourth-order valence-corrected chi connectivity index (χ4v) is 1.36. The van der Waals surface area contributed by atoms with Crippen LogP contribution < -0.4 is 5.73 Å². The van der Waals surface area contributed by atoms with Crippen LogP contribution in [-0.4, -0.2) is 18.5 Å². The zero-order valence-electron chi connectivity index (χ0n) is 10.1. The highest BCUT2D eigenvalue weighted by Crippen LogP contribution is 2.34. The number of hydrogen-bond donors (Lipinski definition) is 1. The predicted octanol–water partition coefficient (Wildman–Crippen LogP) is 2.72. The van der Waals surface area contributed by atoms with Gasteiger partial charge in [0.25, 0.3) is 0 Å². The summed E-state index contributed by atoms with van der Waals surface area (Å²) in [5.41, 5.74) is 3.57. The number of hydrogen-bond acceptors (Lipinski definition) is 3. The van der Waals surface area contributed by atoms with Crippen molar-refractivity contribution in [3.8, 4) is 0 Å². The van der Waals surface area contributed by atoms with Crippen molar-refractivity contribution >= 4 is 18.4 Å². The molecule has 1 atom stereocenters. The van der Waals surface area contributed by atoms with Crippen LogP contribution in [0.4, 0.5) is 22.0 Å². The average molecular weight is 320 g/mol. The van der Waals surface area contributed by atoms with Crippen molar-refractivity contribution in [1.29, 1.82) is 0 Å². The molecule has 0 saturated carbocycles. The lowest BCUT2D eigenvalue weighted by atomic mass is 10.00. The van der Waals surface area contributed by atoms with Gasteiger partial charge >= 0.3 is 11.9 Å². The summed E-state index contributed by atoms with van der Waals surface area (Å²) < 4.78 is 70.6. The first-order chi connectivity index (χ1) is 8.73. The number of halogens is 6. The summed E-state index contributed by atoms with van der Waals surface area (Å²) in [5.74, 6) is -11.3. The van der Waals surface area contributed by atoms with E-state index in [9.17, 15) is 26.7 Å². The third kappa shape index (κ3) is 3.37. The molecule has 0 radical (unpaired) electrons. The van der Waals surface area contributed by atoms with E-state index in [-0.39, 0.29) is 19.0 Å². The molecule has 114 valence electrons. The molecule has 0 amide bonds. The van der Waals surface area contributed by atoms with Crippen molar-refractivity contribution in [2.45, 2.75) is 18.9 Å². The first-order valence-corrected chi connectivity index (χ1v) is 5.17. The molecule has 0 spiro atoms. The molecule has 3 nitrogen and oxygen atoms in total. The largest absolute Gasteiger partial charge is 0.462 e. The minimum atomic E-state index is -4.38. The molecule has 0 heterocycles. The Morgan fingerprint density at radius 3 is 2.30 bits per heavy atom. The maximum Gasteiger partial charge on any atom is 0.379 e. The Morgan fingerprint density at radius 2 is 1.80 bits per heavy atom. The second-order valence-electron chi connectivity index (χ2n) is 3.58. The Morgan fingerprint density at radius 1 is 1.30 bits per heavy atom. The topological polar surface area (TPSA) is 52.3 Å². The summed E-state index contributed by atoms with van der Waals surface area (Å²) in [7, 11) is 0. The molecule has 0 aromatic heterocycles. The van der Waals surface area contributed by atoms with Crippen LogP contribution in [0.15, 0.2) is 12.1 Å². The van der Waals surface area contributed by atoms with Crippen molar-refractivity contribution in [3.05, 3.63) is 35.1 Å². The predicted molar refractivity (Wildman–Crippen MR) is 62.1 cm³/mol. The number of benzene rings is 1. The van der Waals surface area contributed by atoms with Crippen molar-refractivity contribution in [2.75, 3.05) is 6.61 Å². The molecule has 0 bridgehead atoms. The van der Waals surface area contributed by atoms with Gasteiger partial charge < -0.3 is 10.5 Å². The van der Waals surface area contributed by atoms with Gasteiger partial charge in [0.2, 0.25) is 0 Å². The summed E-state index contributed by atoms with van der Waals surface area (Å²) in [6.07, 6.45) is 0.